The summed E-state index contributed by atoms with van der Waals surface area (Å²) < 4.78 is 5.73. The highest BCUT2D eigenvalue weighted by Crippen LogP contribution is 2.30. The third-order valence-corrected chi connectivity index (χ3v) is 2.93. The first-order valence-electron chi connectivity index (χ1n) is 5.12. The first-order valence-corrected chi connectivity index (χ1v) is 5.12. The summed E-state index contributed by atoms with van der Waals surface area (Å²) in [5.74, 6) is 1.22. The molecule has 3 rings (SSSR count). The van der Waals surface area contributed by atoms with E-state index in [1.165, 1.54) is 5.56 Å². The van der Waals surface area contributed by atoms with Crippen molar-refractivity contribution in [2.24, 2.45) is 5.92 Å². The zero-order valence-electron chi connectivity index (χ0n) is 8.19. The lowest BCUT2D eigenvalue weighted by Crippen LogP contribution is -2.59. The van der Waals surface area contributed by atoms with Crippen LogP contribution in [0.25, 0.3) is 0 Å². The molecular weight excluding hydrogens is 192 g/mol. The fourth-order valence-electron chi connectivity index (χ4n) is 2.14. The molecule has 1 aromatic rings. The van der Waals surface area contributed by atoms with E-state index in [4.69, 9.17) is 4.74 Å². The van der Waals surface area contributed by atoms with Crippen LogP contribution in [0.15, 0.2) is 24.3 Å². The van der Waals surface area contributed by atoms with Crippen molar-refractivity contribution in [2.75, 3.05) is 6.54 Å². The molecule has 0 bridgehead atoms. The third-order valence-electron chi connectivity index (χ3n) is 2.93. The molecule has 0 saturated carbocycles. The van der Waals surface area contributed by atoms with Gasteiger partial charge < -0.3 is 15.4 Å². The van der Waals surface area contributed by atoms with Crippen molar-refractivity contribution in [2.45, 2.75) is 12.6 Å². The second-order valence-electron chi connectivity index (χ2n) is 3.96. The van der Waals surface area contributed by atoms with Gasteiger partial charge in [0.15, 0.2) is 6.23 Å². The summed E-state index contributed by atoms with van der Waals surface area (Å²) >= 11 is 0. The Kier molecular flexibility index (Phi) is 1.80. The molecule has 2 aliphatic heterocycles. The van der Waals surface area contributed by atoms with E-state index in [-0.39, 0.29) is 12.3 Å². The van der Waals surface area contributed by atoms with E-state index >= 15 is 0 Å². The minimum atomic E-state index is -0.173. The predicted molar refractivity (Wildman–Crippen MR) is 54.6 cm³/mol. The lowest BCUT2D eigenvalue weighted by atomic mass is 9.93. The number of ether oxygens (including phenoxy) is 1. The highest BCUT2D eigenvalue weighted by Gasteiger charge is 2.34. The summed E-state index contributed by atoms with van der Waals surface area (Å²) in [5, 5.41) is 5.57. The van der Waals surface area contributed by atoms with Crippen molar-refractivity contribution in [3.63, 3.8) is 0 Å². The van der Waals surface area contributed by atoms with Crippen molar-refractivity contribution in [1.29, 1.82) is 0 Å². The number of carbonyl (C=O) groups excluding carboxylic acids is 1. The van der Waals surface area contributed by atoms with Crippen LogP contribution in [-0.2, 0) is 6.42 Å². The average Bonchev–Trinajstić information content (AvgIpc) is 2.26. The second-order valence-corrected chi connectivity index (χ2v) is 3.96. The molecule has 4 nitrogen and oxygen atoms in total. The maximum atomic E-state index is 11.1. The van der Waals surface area contributed by atoms with Crippen molar-refractivity contribution in [3.05, 3.63) is 29.8 Å². The largest absolute Gasteiger partial charge is 0.470 e. The number of benzene rings is 1. The smallest absolute Gasteiger partial charge is 0.317 e. The van der Waals surface area contributed by atoms with Crippen molar-refractivity contribution >= 4 is 6.03 Å². The Labute approximate surface area is 87.6 Å². The number of rotatable bonds is 0. The molecule has 2 aliphatic rings. The summed E-state index contributed by atoms with van der Waals surface area (Å²) in [6.07, 6.45) is 0.780. The number of hydrogen-bond donors (Lipinski definition) is 2. The highest BCUT2D eigenvalue weighted by molar-refractivity contribution is 5.75. The molecule has 1 saturated heterocycles. The van der Waals surface area contributed by atoms with Crippen LogP contribution < -0.4 is 15.4 Å². The molecule has 0 spiro atoms. The van der Waals surface area contributed by atoms with Gasteiger partial charge in [0.2, 0.25) is 0 Å². The summed E-state index contributed by atoms with van der Waals surface area (Å²) in [7, 11) is 0. The Hall–Kier alpha value is -1.71. The molecule has 2 atom stereocenters. The van der Waals surface area contributed by atoms with Crippen LogP contribution in [0, 0.1) is 5.92 Å². The lowest BCUT2D eigenvalue weighted by molar-refractivity contribution is 0.0743. The Morgan fingerprint density at radius 2 is 2.20 bits per heavy atom. The van der Waals surface area contributed by atoms with Crippen LogP contribution in [0.3, 0.4) is 0 Å². The van der Waals surface area contributed by atoms with Gasteiger partial charge in [0.05, 0.1) is 0 Å². The van der Waals surface area contributed by atoms with Gasteiger partial charge in [0.1, 0.15) is 5.75 Å². The Morgan fingerprint density at radius 3 is 3.13 bits per heavy atom. The summed E-state index contributed by atoms with van der Waals surface area (Å²) in [6.45, 7) is 0.685. The summed E-state index contributed by atoms with van der Waals surface area (Å²) in [5.41, 5.74) is 1.22. The van der Waals surface area contributed by atoms with Crippen molar-refractivity contribution in [3.8, 4) is 5.75 Å². The first-order chi connectivity index (χ1) is 7.33. The Morgan fingerprint density at radius 1 is 1.33 bits per heavy atom. The fourth-order valence-corrected chi connectivity index (χ4v) is 2.14. The Balaban J connectivity index is 1.90. The molecule has 2 heterocycles. The summed E-state index contributed by atoms with van der Waals surface area (Å²) in [4.78, 5) is 11.1. The van der Waals surface area contributed by atoms with E-state index in [2.05, 4.69) is 16.7 Å². The van der Waals surface area contributed by atoms with Gasteiger partial charge in [0.25, 0.3) is 0 Å². The molecule has 2 N–H and O–H groups in total. The summed E-state index contributed by atoms with van der Waals surface area (Å²) in [6, 6.07) is 7.83. The topological polar surface area (TPSA) is 50.4 Å². The molecular formula is C11H12N2O2. The molecule has 0 aromatic heterocycles. The maximum absolute atomic E-state index is 11.1. The maximum Gasteiger partial charge on any atom is 0.317 e. The van der Waals surface area contributed by atoms with Gasteiger partial charge in [-0.3, -0.25) is 0 Å². The standard InChI is InChI=1S/C11H12N2O2/c14-11-12-6-8-5-7-3-1-2-4-9(7)15-10(8)13-11/h1-4,8,10H,5-6H2,(H2,12,13,14). The number of hydrogen-bond acceptors (Lipinski definition) is 2. The van der Waals surface area contributed by atoms with Crippen LogP contribution in [0.2, 0.25) is 0 Å². The molecule has 0 aliphatic carbocycles. The van der Waals surface area contributed by atoms with Crippen molar-refractivity contribution < 1.29 is 9.53 Å². The van der Waals surface area contributed by atoms with E-state index in [1.807, 2.05) is 18.2 Å². The van der Waals surface area contributed by atoms with Crippen molar-refractivity contribution in [1.82, 2.24) is 10.6 Å². The number of para-hydroxylation sites is 1. The lowest BCUT2D eigenvalue weighted by Gasteiger charge is -2.37. The highest BCUT2D eigenvalue weighted by atomic mass is 16.5. The normalized spacial score (nSPS) is 27.9. The second kappa shape index (κ2) is 3.15. The molecule has 1 aromatic carbocycles. The number of urea groups is 1. The van der Waals surface area contributed by atoms with Gasteiger partial charge in [-0.15, -0.1) is 0 Å². The van der Waals surface area contributed by atoms with Crippen LogP contribution >= 0.6 is 0 Å². The number of nitrogens with one attached hydrogen (secondary N) is 2. The van der Waals surface area contributed by atoms with E-state index in [0.717, 1.165) is 12.2 Å². The quantitative estimate of drug-likeness (QED) is 0.659. The molecule has 2 amide bonds. The van der Waals surface area contributed by atoms with Gasteiger partial charge in [-0.05, 0) is 18.1 Å². The van der Waals surface area contributed by atoms with E-state index in [0.29, 0.717) is 12.5 Å². The van der Waals surface area contributed by atoms with Gasteiger partial charge >= 0.3 is 6.03 Å². The van der Waals surface area contributed by atoms with Crippen LogP contribution in [0.4, 0.5) is 4.79 Å². The molecule has 2 unspecified atom stereocenters. The zero-order chi connectivity index (χ0) is 10.3. The SMILES string of the molecule is O=C1NCC2Cc3ccccc3OC2N1. The predicted octanol–water partition coefficient (Wildman–Crippen LogP) is 0.877. The zero-order valence-corrected chi connectivity index (χ0v) is 8.19. The molecule has 15 heavy (non-hydrogen) atoms. The number of amides is 2. The molecule has 0 radical (unpaired) electrons. The molecule has 78 valence electrons. The fraction of sp³-hybridized carbons (Fsp3) is 0.364. The first kappa shape index (κ1) is 8.59. The van der Waals surface area contributed by atoms with Crippen LogP contribution in [0.1, 0.15) is 5.56 Å². The van der Waals surface area contributed by atoms with E-state index in [1.54, 1.807) is 0 Å². The number of carbonyl (C=O) groups is 1. The minimum absolute atomic E-state index is 0.143. The minimum Gasteiger partial charge on any atom is -0.470 e. The molecule has 1 fully saturated rings. The third kappa shape index (κ3) is 1.42. The number of fused-ring (bicyclic) bond motifs is 2. The van der Waals surface area contributed by atoms with Gasteiger partial charge in [-0.2, -0.15) is 0 Å². The average molecular weight is 204 g/mol. The monoisotopic (exact) mass is 204 g/mol. The van der Waals surface area contributed by atoms with E-state index in [9.17, 15) is 4.79 Å². The van der Waals surface area contributed by atoms with Crippen LogP contribution in [0.5, 0.6) is 5.75 Å². The van der Waals surface area contributed by atoms with E-state index < -0.39 is 0 Å². The Bertz CT molecular complexity index is 405. The van der Waals surface area contributed by atoms with Crippen LogP contribution in [-0.4, -0.2) is 18.8 Å². The van der Waals surface area contributed by atoms with Gasteiger partial charge in [-0.25, -0.2) is 4.79 Å². The van der Waals surface area contributed by atoms with Gasteiger partial charge in [-0.1, -0.05) is 18.2 Å². The van der Waals surface area contributed by atoms with Gasteiger partial charge in [0, 0.05) is 12.5 Å². The molecule has 4 heteroatoms.